The predicted molar refractivity (Wildman–Crippen MR) is 74.5 cm³/mol. The van der Waals surface area contributed by atoms with Gasteiger partial charge in [0.2, 0.25) is 0 Å². The van der Waals surface area contributed by atoms with E-state index in [4.69, 9.17) is 4.74 Å². The van der Waals surface area contributed by atoms with Crippen LogP contribution in [0.4, 0.5) is 4.39 Å². The summed E-state index contributed by atoms with van der Waals surface area (Å²) in [7, 11) is 0. The molecule has 106 valence electrons. The second kappa shape index (κ2) is 6.23. The van der Waals surface area contributed by atoms with E-state index in [1.807, 2.05) is 0 Å². The van der Waals surface area contributed by atoms with Gasteiger partial charge < -0.3 is 10.1 Å². The average Bonchev–Trinajstić information content (AvgIpc) is 2.87. The number of nitrogens with one attached hydrogen (secondary N) is 1. The van der Waals surface area contributed by atoms with E-state index in [0.717, 1.165) is 12.8 Å². The van der Waals surface area contributed by atoms with Crippen LogP contribution in [0.3, 0.4) is 0 Å². The summed E-state index contributed by atoms with van der Waals surface area (Å²) < 4.78 is 18.7. The number of nitrogens with zero attached hydrogens (tertiary/aromatic N) is 1. The Kier molecular flexibility index (Phi) is 4.61. The summed E-state index contributed by atoms with van der Waals surface area (Å²) in [5, 5.41) is 11.9. The fourth-order valence-electron chi connectivity index (χ4n) is 2.28. The van der Waals surface area contributed by atoms with Gasteiger partial charge in [0, 0.05) is 0 Å². The molecular formula is C14H14BrFN2O2. The Morgan fingerprint density at radius 2 is 2.20 bits per heavy atom. The van der Waals surface area contributed by atoms with Crippen molar-refractivity contribution in [2.75, 3.05) is 6.61 Å². The van der Waals surface area contributed by atoms with E-state index in [2.05, 4.69) is 27.3 Å². The van der Waals surface area contributed by atoms with Gasteiger partial charge in [-0.1, -0.05) is 0 Å². The van der Waals surface area contributed by atoms with Gasteiger partial charge in [0.05, 0.1) is 10.5 Å². The largest absolute Gasteiger partial charge is 0.483 e. The van der Waals surface area contributed by atoms with Gasteiger partial charge in [-0.15, -0.1) is 0 Å². The van der Waals surface area contributed by atoms with Crippen molar-refractivity contribution in [3.05, 3.63) is 28.5 Å². The molecule has 0 saturated heterocycles. The van der Waals surface area contributed by atoms with Crippen LogP contribution in [0.15, 0.2) is 22.7 Å². The van der Waals surface area contributed by atoms with E-state index in [1.165, 1.54) is 18.2 Å². The minimum absolute atomic E-state index is 0.201. The summed E-state index contributed by atoms with van der Waals surface area (Å²) in [6.45, 7) is -0.201. The van der Waals surface area contributed by atoms with Crippen molar-refractivity contribution < 1.29 is 13.9 Å². The molecule has 1 aromatic rings. The third-order valence-electron chi connectivity index (χ3n) is 3.30. The highest BCUT2D eigenvalue weighted by molar-refractivity contribution is 9.10. The van der Waals surface area contributed by atoms with Crippen LogP contribution in [-0.4, -0.2) is 18.1 Å². The lowest BCUT2D eigenvalue weighted by Crippen LogP contribution is -2.47. The summed E-state index contributed by atoms with van der Waals surface area (Å²) in [6.07, 6.45) is 3.24. The van der Waals surface area contributed by atoms with Gasteiger partial charge in [-0.2, -0.15) is 5.26 Å². The molecule has 1 N–H and O–H groups in total. The van der Waals surface area contributed by atoms with Crippen LogP contribution in [-0.2, 0) is 4.79 Å². The fraction of sp³-hybridized carbons (Fsp3) is 0.429. The molecule has 2 rings (SSSR count). The van der Waals surface area contributed by atoms with Crippen LogP contribution in [0, 0.1) is 17.1 Å². The van der Waals surface area contributed by atoms with Gasteiger partial charge in [-0.3, -0.25) is 4.79 Å². The fourth-order valence-corrected chi connectivity index (χ4v) is 2.75. The number of halogens is 2. The second-order valence-corrected chi connectivity index (χ2v) is 5.67. The lowest BCUT2D eigenvalue weighted by atomic mass is 10.00. The molecule has 0 aliphatic heterocycles. The normalized spacial score (nSPS) is 16.4. The van der Waals surface area contributed by atoms with Crippen molar-refractivity contribution in [2.24, 2.45) is 0 Å². The average molecular weight is 341 g/mol. The molecule has 0 heterocycles. The molecule has 20 heavy (non-hydrogen) atoms. The molecule has 0 radical (unpaired) electrons. The highest BCUT2D eigenvalue weighted by atomic mass is 79.9. The summed E-state index contributed by atoms with van der Waals surface area (Å²) >= 11 is 3.16. The number of nitriles is 1. The third-order valence-corrected chi connectivity index (χ3v) is 3.92. The predicted octanol–water partition coefficient (Wildman–Crippen LogP) is 2.92. The van der Waals surface area contributed by atoms with Crippen molar-refractivity contribution in [3.8, 4) is 11.8 Å². The molecule has 1 fully saturated rings. The maximum atomic E-state index is 12.9. The van der Waals surface area contributed by atoms with Crippen LogP contribution < -0.4 is 10.1 Å². The topological polar surface area (TPSA) is 62.1 Å². The zero-order valence-corrected chi connectivity index (χ0v) is 12.4. The minimum atomic E-state index is -0.750. The zero-order valence-electron chi connectivity index (χ0n) is 10.8. The minimum Gasteiger partial charge on any atom is -0.483 e. The van der Waals surface area contributed by atoms with Crippen LogP contribution in [0.1, 0.15) is 25.7 Å². The number of benzene rings is 1. The molecule has 1 aliphatic carbocycles. The molecule has 1 amide bonds. The van der Waals surface area contributed by atoms with Crippen LogP contribution in [0.25, 0.3) is 0 Å². The Hall–Kier alpha value is -1.61. The quantitative estimate of drug-likeness (QED) is 0.916. The molecule has 0 bridgehead atoms. The smallest absolute Gasteiger partial charge is 0.259 e. The van der Waals surface area contributed by atoms with Crippen LogP contribution >= 0.6 is 15.9 Å². The van der Waals surface area contributed by atoms with Crippen LogP contribution in [0.5, 0.6) is 5.75 Å². The zero-order chi connectivity index (χ0) is 14.6. The van der Waals surface area contributed by atoms with E-state index in [9.17, 15) is 14.4 Å². The van der Waals surface area contributed by atoms with Gasteiger partial charge in [0.25, 0.3) is 5.91 Å². The summed E-state index contributed by atoms with van der Waals surface area (Å²) in [5.41, 5.74) is -0.750. The maximum Gasteiger partial charge on any atom is 0.259 e. The monoisotopic (exact) mass is 340 g/mol. The maximum absolute atomic E-state index is 12.9. The Labute approximate surface area is 125 Å². The van der Waals surface area contributed by atoms with Gasteiger partial charge in [-0.05, 0) is 59.8 Å². The van der Waals surface area contributed by atoms with E-state index >= 15 is 0 Å². The summed E-state index contributed by atoms with van der Waals surface area (Å²) in [5.74, 6) is -0.341. The first kappa shape index (κ1) is 14.8. The van der Waals surface area contributed by atoms with Crippen molar-refractivity contribution in [2.45, 2.75) is 31.2 Å². The molecule has 0 spiro atoms. The first-order valence-corrected chi connectivity index (χ1v) is 7.14. The number of hydrogen-bond acceptors (Lipinski definition) is 3. The molecule has 1 aliphatic rings. The Morgan fingerprint density at radius 1 is 1.50 bits per heavy atom. The molecule has 6 heteroatoms. The Balaban J connectivity index is 1.91. The van der Waals surface area contributed by atoms with E-state index in [-0.39, 0.29) is 18.3 Å². The van der Waals surface area contributed by atoms with Crippen LogP contribution in [0.2, 0.25) is 0 Å². The molecule has 1 saturated carbocycles. The third kappa shape index (κ3) is 3.48. The highest BCUT2D eigenvalue weighted by Crippen LogP contribution is 2.29. The first-order chi connectivity index (χ1) is 9.54. The van der Waals surface area contributed by atoms with Gasteiger partial charge in [-0.25, -0.2) is 4.39 Å². The molecule has 0 unspecified atom stereocenters. The molecule has 4 nitrogen and oxygen atoms in total. The summed E-state index contributed by atoms with van der Waals surface area (Å²) in [4.78, 5) is 11.8. The highest BCUT2D eigenvalue weighted by Gasteiger charge is 2.35. The molecule has 0 aromatic heterocycles. The van der Waals surface area contributed by atoms with Crippen molar-refractivity contribution in [3.63, 3.8) is 0 Å². The van der Waals surface area contributed by atoms with Crippen molar-refractivity contribution in [1.29, 1.82) is 5.26 Å². The number of ether oxygens (including phenoxy) is 1. The second-order valence-electron chi connectivity index (χ2n) is 4.81. The molecular weight excluding hydrogens is 327 g/mol. The lowest BCUT2D eigenvalue weighted by Gasteiger charge is -2.22. The molecule has 1 aromatic carbocycles. The summed E-state index contributed by atoms with van der Waals surface area (Å²) in [6, 6.07) is 6.15. The van der Waals surface area contributed by atoms with E-state index in [1.54, 1.807) is 0 Å². The van der Waals surface area contributed by atoms with E-state index in [0.29, 0.717) is 23.1 Å². The van der Waals surface area contributed by atoms with Crippen molar-refractivity contribution >= 4 is 21.8 Å². The number of hydrogen-bond donors (Lipinski definition) is 1. The van der Waals surface area contributed by atoms with Gasteiger partial charge in [0.1, 0.15) is 17.1 Å². The Bertz CT molecular complexity index is 551. The number of amides is 1. The van der Waals surface area contributed by atoms with Gasteiger partial charge >= 0.3 is 0 Å². The van der Waals surface area contributed by atoms with Gasteiger partial charge in [0.15, 0.2) is 6.61 Å². The Morgan fingerprint density at radius 3 is 2.80 bits per heavy atom. The first-order valence-electron chi connectivity index (χ1n) is 6.35. The number of rotatable bonds is 4. The standard InChI is InChI=1S/C14H14BrFN2O2/c15-11-7-10(16)3-4-12(11)20-8-13(19)18-14(9-17)5-1-2-6-14/h3-4,7H,1-2,5-6,8H2,(H,18,19). The SMILES string of the molecule is N#CC1(NC(=O)COc2ccc(F)cc2Br)CCCC1. The number of carbonyl (C=O) groups excluding carboxylic acids is 1. The molecule has 0 atom stereocenters. The number of carbonyl (C=O) groups is 1. The lowest BCUT2D eigenvalue weighted by molar-refractivity contribution is -0.124. The van der Waals surface area contributed by atoms with Crippen molar-refractivity contribution in [1.82, 2.24) is 5.32 Å². The van der Waals surface area contributed by atoms with E-state index < -0.39 is 5.54 Å².